The van der Waals surface area contributed by atoms with Crippen molar-refractivity contribution in [3.05, 3.63) is 58.5 Å². The van der Waals surface area contributed by atoms with Gasteiger partial charge in [-0.1, -0.05) is 18.2 Å². The number of para-hydroxylation sites is 1. The highest BCUT2D eigenvalue weighted by atomic mass is 16.5. The molecule has 0 amide bonds. The summed E-state index contributed by atoms with van der Waals surface area (Å²) in [5.41, 5.74) is 8.73. The Morgan fingerprint density at radius 3 is 2.85 bits per heavy atom. The van der Waals surface area contributed by atoms with Gasteiger partial charge < -0.3 is 15.5 Å². The van der Waals surface area contributed by atoms with Gasteiger partial charge in [0.1, 0.15) is 5.75 Å². The van der Waals surface area contributed by atoms with Gasteiger partial charge in [-0.2, -0.15) is 0 Å². The maximum atomic E-state index is 12.1. The largest absolute Gasteiger partial charge is 0.496 e. The Balaban J connectivity index is 2.11. The highest BCUT2D eigenvalue weighted by molar-refractivity contribution is 5.79. The lowest BCUT2D eigenvalue weighted by atomic mass is 10.2. The summed E-state index contributed by atoms with van der Waals surface area (Å²) >= 11 is 0. The Labute approximate surface area is 115 Å². The van der Waals surface area contributed by atoms with Crippen molar-refractivity contribution in [1.82, 2.24) is 9.55 Å². The van der Waals surface area contributed by atoms with Crippen LogP contribution in [0.3, 0.4) is 0 Å². The van der Waals surface area contributed by atoms with Crippen molar-refractivity contribution in [1.29, 1.82) is 0 Å². The van der Waals surface area contributed by atoms with Crippen LogP contribution in [0.2, 0.25) is 0 Å². The van der Waals surface area contributed by atoms with Crippen LogP contribution in [-0.2, 0) is 6.54 Å². The molecule has 0 aliphatic carbocycles. The van der Waals surface area contributed by atoms with Gasteiger partial charge in [0, 0.05) is 11.3 Å². The van der Waals surface area contributed by atoms with Crippen LogP contribution < -0.4 is 16.2 Å². The highest BCUT2D eigenvalue weighted by Gasteiger charge is 2.09. The number of nitrogen functional groups attached to an aromatic ring is 1. The Morgan fingerprint density at radius 2 is 2.05 bits per heavy atom. The number of nitrogens with zero attached hydrogens (tertiary/aromatic N) is 1. The molecule has 102 valence electrons. The van der Waals surface area contributed by atoms with Gasteiger partial charge in [-0.05, 0) is 24.3 Å². The third-order valence-corrected chi connectivity index (χ3v) is 3.32. The highest BCUT2D eigenvalue weighted by Crippen LogP contribution is 2.20. The average Bonchev–Trinajstić information content (AvgIpc) is 2.75. The third-order valence-electron chi connectivity index (χ3n) is 3.32. The van der Waals surface area contributed by atoms with Crippen molar-refractivity contribution < 1.29 is 4.74 Å². The molecule has 0 saturated heterocycles. The van der Waals surface area contributed by atoms with E-state index in [1.54, 1.807) is 23.8 Å². The Morgan fingerprint density at radius 1 is 1.25 bits per heavy atom. The molecule has 0 atom stereocenters. The van der Waals surface area contributed by atoms with E-state index in [4.69, 9.17) is 10.5 Å². The number of rotatable bonds is 3. The van der Waals surface area contributed by atoms with E-state index in [0.717, 1.165) is 22.3 Å². The molecule has 0 aliphatic heterocycles. The van der Waals surface area contributed by atoms with Crippen LogP contribution in [-0.4, -0.2) is 16.7 Å². The summed E-state index contributed by atoms with van der Waals surface area (Å²) in [7, 11) is 1.62. The van der Waals surface area contributed by atoms with Crippen LogP contribution in [0.1, 0.15) is 5.56 Å². The normalized spacial score (nSPS) is 10.8. The zero-order valence-corrected chi connectivity index (χ0v) is 11.1. The lowest BCUT2D eigenvalue weighted by molar-refractivity contribution is 0.408. The van der Waals surface area contributed by atoms with E-state index in [1.807, 2.05) is 30.3 Å². The average molecular weight is 269 g/mol. The minimum atomic E-state index is -0.156. The zero-order chi connectivity index (χ0) is 14.1. The number of H-pyrrole nitrogens is 1. The first kappa shape index (κ1) is 12.3. The fourth-order valence-corrected chi connectivity index (χ4v) is 2.34. The maximum Gasteiger partial charge on any atom is 0.326 e. The standard InChI is InChI=1S/C15H15N3O2/c1-20-14-5-3-2-4-10(14)9-18-13-7-6-11(16)8-12(13)17-15(18)19/h2-8H,9,16H2,1H3,(H,17,19). The topological polar surface area (TPSA) is 73.0 Å². The number of aromatic amines is 1. The van der Waals surface area contributed by atoms with Crippen molar-refractivity contribution in [3.8, 4) is 5.75 Å². The monoisotopic (exact) mass is 269 g/mol. The van der Waals surface area contributed by atoms with Crippen LogP contribution in [0.4, 0.5) is 5.69 Å². The number of nitrogens with two attached hydrogens (primary N) is 1. The summed E-state index contributed by atoms with van der Waals surface area (Å²) in [6, 6.07) is 13.0. The fourth-order valence-electron chi connectivity index (χ4n) is 2.34. The number of methoxy groups -OCH3 is 1. The maximum absolute atomic E-state index is 12.1. The van der Waals surface area contributed by atoms with E-state index in [2.05, 4.69) is 4.98 Å². The molecule has 20 heavy (non-hydrogen) atoms. The van der Waals surface area contributed by atoms with Crippen molar-refractivity contribution >= 4 is 16.7 Å². The van der Waals surface area contributed by atoms with Gasteiger partial charge in [-0.15, -0.1) is 0 Å². The van der Waals surface area contributed by atoms with Crippen molar-refractivity contribution in [2.75, 3.05) is 12.8 Å². The third kappa shape index (κ3) is 2.03. The Bertz CT molecular complexity index is 817. The smallest absolute Gasteiger partial charge is 0.326 e. The van der Waals surface area contributed by atoms with Crippen LogP contribution >= 0.6 is 0 Å². The van der Waals surface area contributed by atoms with E-state index in [-0.39, 0.29) is 5.69 Å². The predicted octanol–water partition coefficient (Wildman–Crippen LogP) is 1.97. The quantitative estimate of drug-likeness (QED) is 0.714. The second-order valence-electron chi connectivity index (χ2n) is 4.60. The van der Waals surface area contributed by atoms with Gasteiger partial charge in [0.05, 0.1) is 24.7 Å². The number of anilines is 1. The second-order valence-corrected chi connectivity index (χ2v) is 4.60. The zero-order valence-electron chi connectivity index (χ0n) is 11.1. The van der Waals surface area contributed by atoms with E-state index < -0.39 is 0 Å². The lowest BCUT2D eigenvalue weighted by Crippen LogP contribution is -2.17. The summed E-state index contributed by atoms with van der Waals surface area (Å²) in [5, 5.41) is 0. The van der Waals surface area contributed by atoms with Crippen molar-refractivity contribution in [2.45, 2.75) is 6.54 Å². The first-order chi connectivity index (χ1) is 9.69. The predicted molar refractivity (Wildman–Crippen MR) is 79.1 cm³/mol. The van der Waals surface area contributed by atoms with Crippen LogP contribution in [0, 0.1) is 0 Å². The number of aromatic nitrogens is 2. The molecule has 0 saturated carbocycles. The second kappa shape index (κ2) is 4.77. The molecule has 3 aromatic rings. The molecule has 3 rings (SSSR count). The van der Waals surface area contributed by atoms with Gasteiger partial charge in [0.2, 0.25) is 0 Å². The summed E-state index contributed by atoms with van der Waals surface area (Å²) in [6.45, 7) is 0.451. The molecular formula is C15H15N3O2. The van der Waals surface area contributed by atoms with Gasteiger partial charge in [-0.25, -0.2) is 4.79 Å². The number of ether oxygens (including phenoxy) is 1. The first-order valence-electron chi connectivity index (χ1n) is 6.29. The van der Waals surface area contributed by atoms with E-state index in [0.29, 0.717) is 12.2 Å². The molecule has 1 aromatic heterocycles. The molecule has 3 N–H and O–H groups in total. The van der Waals surface area contributed by atoms with Crippen LogP contribution in [0.25, 0.3) is 11.0 Å². The fraction of sp³-hybridized carbons (Fsp3) is 0.133. The number of nitrogens with one attached hydrogen (secondary N) is 1. The van der Waals surface area contributed by atoms with E-state index in [9.17, 15) is 4.79 Å². The van der Waals surface area contributed by atoms with Crippen molar-refractivity contribution in [3.63, 3.8) is 0 Å². The summed E-state index contributed by atoms with van der Waals surface area (Å²) in [4.78, 5) is 14.9. The van der Waals surface area contributed by atoms with Crippen LogP contribution in [0.5, 0.6) is 5.75 Å². The summed E-state index contributed by atoms with van der Waals surface area (Å²) in [5.74, 6) is 0.768. The molecule has 0 spiro atoms. The van der Waals surface area contributed by atoms with Gasteiger partial charge >= 0.3 is 5.69 Å². The lowest BCUT2D eigenvalue weighted by Gasteiger charge is -2.09. The van der Waals surface area contributed by atoms with Gasteiger partial charge in [0.15, 0.2) is 0 Å². The number of imidazole rings is 1. The van der Waals surface area contributed by atoms with Crippen LogP contribution in [0.15, 0.2) is 47.3 Å². The van der Waals surface area contributed by atoms with Crippen molar-refractivity contribution in [2.24, 2.45) is 0 Å². The number of hydrogen-bond donors (Lipinski definition) is 2. The number of fused-ring (bicyclic) bond motifs is 1. The van der Waals surface area contributed by atoms with E-state index in [1.165, 1.54) is 0 Å². The molecule has 0 fully saturated rings. The number of hydrogen-bond acceptors (Lipinski definition) is 3. The van der Waals surface area contributed by atoms with Gasteiger partial charge in [-0.3, -0.25) is 4.57 Å². The number of benzene rings is 2. The molecule has 0 bridgehead atoms. The molecule has 2 aromatic carbocycles. The molecule has 1 heterocycles. The Kier molecular flexibility index (Phi) is 2.95. The summed E-state index contributed by atoms with van der Waals surface area (Å²) in [6.07, 6.45) is 0. The van der Waals surface area contributed by atoms with Gasteiger partial charge in [0.25, 0.3) is 0 Å². The molecule has 0 unspecified atom stereocenters. The first-order valence-corrected chi connectivity index (χ1v) is 6.29. The SMILES string of the molecule is COc1ccccc1Cn1c(=O)[nH]c2cc(N)ccc21. The molecule has 5 heteroatoms. The van der Waals surface area contributed by atoms with E-state index >= 15 is 0 Å². The molecule has 5 nitrogen and oxygen atoms in total. The minimum Gasteiger partial charge on any atom is -0.496 e. The summed E-state index contributed by atoms with van der Waals surface area (Å²) < 4.78 is 6.99. The Hall–Kier alpha value is -2.69. The molecular weight excluding hydrogens is 254 g/mol. The molecule has 0 radical (unpaired) electrons. The molecule has 0 aliphatic rings. The minimum absolute atomic E-state index is 0.156.